The van der Waals surface area contributed by atoms with Crippen LogP contribution in [0.4, 0.5) is 11.4 Å². The molecular formula is C21H20N4O2. The number of carbonyl (C=O) groups is 2. The lowest BCUT2D eigenvalue weighted by atomic mass is 10.1. The van der Waals surface area contributed by atoms with Crippen LogP contribution in [0.25, 0.3) is 11.0 Å². The minimum absolute atomic E-state index is 0.133. The normalized spacial score (nSPS) is 14.4. The number of aromatic nitrogens is 2. The first-order chi connectivity index (χ1) is 13.1. The highest BCUT2D eigenvalue weighted by Crippen LogP contribution is 2.28. The topological polar surface area (TPSA) is 75.2 Å². The number of nitrogens with zero attached hydrogens (tertiary/aromatic N) is 3. The van der Waals surface area contributed by atoms with E-state index >= 15 is 0 Å². The zero-order valence-electron chi connectivity index (χ0n) is 15.1. The van der Waals surface area contributed by atoms with E-state index in [1.54, 1.807) is 0 Å². The molecule has 1 fully saturated rings. The van der Waals surface area contributed by atoms with E-state index in [2.05, 4.69) is 15.3 Å². The molecule has 27 heavy (non-hydrogen) atoms. The van der Waals surface area contributed by atoms with Gasteiger partial charge in [0.15, 0.2) is 0 Å². The van der Waals surface area contributed by atoms with Crippen molar-refractivity contribution < 1.29 is 9.59 Å². The molecule has 136 valence electrons. The van der Waals surface area contributed by atoms with Gasteiger partial charge in [-0.05, 0) is 49.6 Å². The van der Waals surface area contributed by atoms with Gasteiger partial charge in [0.25, 0.3) is 5.91 Å². The molecule has 0 spiro atoms. The number of para-hydroxylation sites is 2. The van der Waals surface area contributed by atoms with E-state index in [1.165, 1.54) is 6.20 Å². The fraction of sp³-hybridized carbons (Fsp3) is 0.238. The van der Waals surface area contributed by atoms with Gasteiger partial charge >= 0.3 is 0 Å². The zero-order valence-corrected chi connectivity index (χ0v) is 15.1. The van der Waals surface area contributed by atoms with E-state index < -0.39 is 0 Å². The van der Waals surface area contributed by atoms with Gasteiger partial charge in [0.2, 0.25) is 5.91 Å². The van der Waals surface area contributed by atoms with E-state index in [0.717, 1.165) is 29.6 Å². The fourth-order valence-electron chi connectivity index (χ4n) is 3.30. The summed E-state index contributed by atoms with van der Waals surface area (Å²) in [5.41, 5.74) is 4.17. The number of hydrogen-bond acceptors (Lipinski definition) is 4. The highest BCUT2D eigenvalue weighted by atomic mass is 16.2. The second kappa shape index (κ2) is 7.15. The van der Waals surface area contributed by atoms with E-state index in [9.17, 15) is 9.59 Å². The summed E-state index contributed by atoms with van der Waals surface area (Å²) in [6.45, 7) is 2.69. The second-order valence-corrected chi connectivity index (χ2v) is 6.70. The molecule has 0 atom stereocenters. The first kappa shape index (κ1) is 17.1. The molecule has 0 unspecified atom stereocenters. The maximum Gasteiger partial charge on any atom is 0.275 e. The van der Waals surface area contributed by atoms with Crippen LogP contribution in [0.2, 0.25) is 0 Å². The van der Waals surface area contributed by atoms with Crippen LogP contribution in [0.1, 0.15) is 35.3 Å². The molecule has 6 heteroatoms. The Labute approximate surface area is 157 Å². The number of hydrogen-bond donors (Lipinski definition) is 1. The van der Waals surface area contributed by atoms with E-state index in [0.29, 0.717) is 24.2 Å². The molecule has 1 aliphatic heterocycles. The molecule has 1 aromatic heterocycles. The Morgan fingerprint density at radius 2 is 1.93 bits per heavy atom. The quantitative estimate of drug-likeness (QED) is 0.773. The Bertz CT molecular complexity index is 1030. The third kappa shape index (κ3) is 3.51. The van der Waals surface area contributed by atoms with Gasteiger partial charge in [-0.25, -0.2) is 4.98 Å². The van der Waals surface area contributed by atoms with Gasteiger partial charge in [0.1, 0.15) is 5.69 Å². The van der Waals surface area contributed by atoms with Gasteiger partial charge in [-0.1, -0.05) is 18.2 Å². The minimum atomic E-state index is -0.326. The van der Waals surface area contributed by atoms with E-state index in [-0.39, 0.29) is 17.5 Å². The van der Waals surface area contributed by atoms with Crippen LogP contribution in [0.3, 0.4) is 0 Å². The Balaban J connectivity index is 1.59. The van der Waals surface area contributed by atoms with Crippen molar-refractivity contribution in [1.29, 1.82) is 0 Å². The molecule has 1 aliphatic rings. The van der Waals surface area contributed by atoms with Gasteiger partial charge in [0, 0.05) is 24.3 Å². The Hall–Kier alpha value is -3.28. The lowest BCUT2D eigenvalue weighted by Crippen LogP contribution is -2.35. The average molecular weight is 360 g/mol. The first-order valence-corrected chi connectivity index (χ1v) is 9.06. The summed E-state index contributed by atoms with van der Waals surface area (Å²) in [7, 11) is 0. The standard InChI is InChI=1S/C21H20N4O2/c1-14-9-10-15(12-19(14)25-11-5-4-8-20(25)26)23-21(27)18-13-22-16-6-2-3-7-17(16)24-18/h2-3,6-7,9-10,12-13H,4-5,8,11H2,1H3,(H,23,27). The smallest absolute Gasteiger partial charge is 0.275 e. The summed E-state index contributed by atoms with van der Waals surface area (Å²) in [6, 6.07) is 13.0. The number of fused-ring (bicyclic) bond motifs is 1. The van der Waals surface area contributed by atoms with Crippen LogP contribution in [-0.2, 0) is 4.79 Å². The average Bonchev–Trinajstić information content (AvgIpc) is 2.69. The summed E-state index contributed by atoms with van der Waals surface area (Å²) in [4.78, 5) is 35.3. The van der Waals surface area contributed by atoms with Crippen molar-refractivity contribution in [2.24, 2.45) is 0 Å². The van der Waals surface area contributed by atoms with E-state index in [4.69, 9.17) is 0 Å². The number of rotatable bonds is 3. The SMILES string of the molecule is Cc1ccc(NC(=O)c2cnc3ccccc3n2)cc1N1CCCCC1=O. The molecular weight excluding hydrogens is 340 g/mol. The van der Waals surface area contributed by atoms with Gasteiger partial charge < -0.3 is 10.2 Å². The highest BCUT2D eigenvalue weighted by molar-refractivity contribution is 6.04. The monoisotopic (exact) mass is 360 g/mol. The Kier molecular flexibility index (Phi) is 4.54. The molecule has 1 N–H and O–H groups in total. The number of anilines is 2. The van der Waals surface area contributed by atoms with Crippen LogP contribution in [0.5, 0.6) is 0 Å². The van der Waals surface area contributed by atoms with Crippen LogP contribution in [0.15, 0.2) is 48.7 Å². The highest BCUT2D eigenvalue weighted by Gasteiger charge is 2.21. The van der Waals surface area contributed by atoms with Crippen molar-refractivity contribution in [3.63, 3.8) is 0 Å². The van der Waals surface area contributed by atoms with Crippen LogP contribution in [-0.4, -0.2) is 28.3 Å². The van der Waals surface area contributed by atoms with Crippen molar-refractivity contribution in [2.45, 2.75) is 26.2 Å². The second-order valence-electron chi connectivity index (χ2n) is 6.70. The van der Waals surface area contributed by atoms with Crippen molar-refractivity contribution in [2.75, 3.05) is 16.8 Å². The van der Waals surface area contributed by atoms with Crippen LogP contribution in [0, 0.1) is 6.92 Å². The number of carbonyl (C=O) groups excluding carboxylic acids is 2. The number of nitrogens with one attached hydrogen (secondary N) is 1. The number of benzene rings is 2. The molecule has 0 aliphatic carbocycles. The maximum atomic E-state index is 12.6. The third-order valence-corrected chi connectivity index (χ3v) is 4.76. The lowest BCUT2D eigenvalue weighted by molar-refractivity contribution is -0.119. The predicted octanol–water partition coefficient (Wildman–Crippen LogP) is 3.71. The molecule has 0 bridgehead atoms. The van der Waals surface area contributed by atoms with Gasteiger partial charge in [-0.2, -0.15) is 0 Å². The van der Waals surface area contributed by atoms with Crippen molar-refractivity contribution >= 4 is 34.2 Å². The van der Waals surface area contributed by atoms with Gasteiger partial charge in [-0.15, -0.1) is 0 Å². The zero-order chi connectivity index (χ0) is 18.8. The van der Waals surface area contributed by atoms with E-state index in [1.807, 2.05) is 54.3 Å². The molecule has 3 aromatic rings. The minimum Gasteiger partial charge on any atom is -0.321 e. The molecule has 0 radical (unpaired) electrons. The lowest BCUT2D eigenvalue weighted by Gasteiger charge is -2.28. The molecule has 0 saturated carbocycles. The number of amides is 2. The van der Waals surface area contributed by atoms with Crippen molar-refractivity contribution in [3.8, 4) is 0 Å². The summed E-state index contributed by atoms with van der Waals surface area (Å²) < 4.78 is 0. The number of piperidine rings is 1. The molecule has 1 saturated heterocycles. The molecule has 2 aromatic carbocycles. The van der Waals surface area contributed by atoms with Crippen molar-refractivity contribution in [3.05, 3.63) is 59.9 Å². The molecule has 2 amide bonds. The third-order valence-electron chi connectivity index (χ3n) is 4.76. The first-order valence-electron chi connectivity index (χ1n) is 9.06. The largest absolute Gasteiger partial charge is 0.321 e. The predicted molar refractivity (Wildman–Crippen MR) is 105 cm³/mol. The summed E-state index contributed by atoms with van der Waals surface area (Å²) >= 11 is 0. The van der Waals surface area contributed by atoms with Crippen molar-refractivity contribution in [1.82, 2.24) is 9.97 Å². The molecule has 2 heterocycles. The molecule has 6 nitrogen and oxygen atoms in total. The summed E-state index contributed by atoms with van der Waals surface area (Å²) in [6.07, 6.45) is 3.98. The van der Waals surface area contributed by atoms with Gasteiger partial charge in [-0.3, -0.25) is 14.6 Å². The van der Waals surface area contributed by atoms with Gasteiger partial charge in [0.05, 0.1) is 17.2 Å². The molecule has 4 rings (SSSR count). The van der Waals surface area contributed by atoms with Crippen LogP contribution < -0.4 is 10.2 Å². The maximum absolute atomic E-state index is 12.6. The summed E-state index contributed by atoms with van der Waals surface area (Å²) in [5.74, 6) is -0.193. The Morgan fingerprint density at radius 3 is 2.74 bits per heavy atom. The summed E-state index contributed by atoms with van der Waals surface area (Å²) in [5, 5.41) is 2.87. The van der Waals surface area contributed by atoms with Crippen LogP contribution >= 0.6 is 0 Å². The fourth-order valence-corrected chi connectivity index (χ4v) is 3.30. The Morgan fingerprint density at radius 1 is 1.11 bits per heavy atom. The number of aryl methyl sites for hydroxylation is 1.